The summed E-state index contributed by atoms with van der Waals surface area (Å²) in [7, 11) is 0. The molecule has 2 aromatic heterocycles. The molecule has 3 heterocycles. The van der Waals surface area contributed by atoms with Crippen molar-refractivity contribution in [2.45, 2.75) is 63.5 Å². The fraction of sp³-hybridized carbons (Fsp3) is 0.469. The molecule has 214 valence electrons. The number of pyridine rings is 2. The summed E-state index contributed by atoms with van der Waals surface area (Å²) in [5.41, 5.74) is 0.341. The highest BCUT2D eigenvalue weighted by Crippen LogP contribution is 2.57. The minimum absolute atomic E-state index is 0.0203. The fourth-order valence-electron chi connectivity index (χ4n) is 7.89. The molecule has 1 aromatic carbocycles. The van der Waals surface area contributed by atoms with E-state index in [1.54, 1.807) is 12.1 Å². The molecule has 5 atom stereocenters. The van der Waals surface area contributed by atoms with Crippen LogP contribution in [-0.2, 0) is 0 Å². The molecule has 7 rings (SSSR count). The maximum atomic E-state index is 15.2. The standard InChI is InChI=1S/C32H34F2N4O3/c1-32(14-18-10-19-12-20(15-32)24(19)11-18)36-31(41)25-16-38(27-7-5-21(33)13-26(27)34)30-23(29(25)40)6-8-28(35-30)37-9-3-2-4-22(37)17-39/h5-8,13,15-16,18-19,22,24,39H,2-4,9-12,14,17H2,1H3,(H,36,41). The number of anilines is 1. The first-order valence-corrected chi connectivity index (χ1v) is 14.7. The number of fused-ring (bicyclic) bond motifs is 2. The molecule has 0 radical (unpaired) electrons. The van der Waals surface area contributed by atoms with E-state index >= 15 is 4.39 Å². The van der Waals surface area contributed by atoms with Gasteiger partial charge in [0.25, 0.3) is 5.91 Å². The van der Waals surface area contributed by atoms with Crippen LogP contribution in [0.5, 0.6) is 0 Å². The number of aromatic nitrogens is 2. The van der Waals surface area contributed by atoms with Crippen LogP contribution in [0.4, 0.5) is 14.6 Å². The Kier molecular flexibility index (Phi) is 6.26. The molecular weight excluding hydrogens is 526 g/mol. The minimum atomic E-state index is -0.837. The summed E-state index contributed by atoms with van der Waals surface area (Å²) in [5, 5.41) is 13.2. The number of carbonyl (C=O) groups is 1. The van der Waals surface area contributed by atoms with Crippen LogP contribution in [0.2, 0.25) is 0 Å². The number of piperidine rings is 1. The van der Waals surface area contributed by atoms with Gasteiger partial charge in [-0.3, -0.25) is 14.2 Å². The number of nitrogens with one attached hydrogen (secondary N) is 1. The summed E-state index contributed by atoms with van der Waals surface area (Å²) in [6.07, 6.45) is 10.5. The van der Waals surface area contributed by atoms with Crippen molar-refractivity contribution >= 4 is 22.8 Å². The van der Waals surface area contributed by atoms with Gasteiger partial charge in [0.15, 0.2) is 5.65 Å². The summed E-state index contributed by atoms with van der Waals surface area (Å²) in [5.74, 6) is 0.397. The number of rotatable bonds is 5. The van der Waals surface area contributed by atoms with Gasteiger partial charge < -0.3 is 15.3 Å². The van der Waals surface area contributed by atoms with Gasteiger partial charge in [-0.25, -0.2) is 13.8 Å². The average molecular weight is 561 g/mol. The Morgan fingerprint density at radius 3 is 2.85 bits per heavy atom. The molecule has 2 saturated carbocycles. The van der Waals surface area contributed by atoms with Gasteiger partial charge in [-0.15, -0.1) is 0 Å². The van der Waals surface area contributed by atoms with Gasteiger partial charge in [-0.1, -0.05) is 11.6 Å². The Hall–Kier alpha value is -3.59. The zero-order chi connectivity index (χ0) is 28.5. The molecule has 3 aliphatic carbocycles. The van der Waals surface area contributed by atoms with Crippen molar-refractivity contribution in [3.63, 3.8) is 0 Å². The Morgan fingerprint density at radius 1 is 1.20 bits per heavy atom. The van der Waals surface area contributed by atoms with Gasteiger partial charge in [-0.05, 0) is 93.9 Å². The van der Waals surface area contributed by atoms with Crippen molar-refractivity contribution in [2.75, 3.05) is 18.1 Å². The number of amides is 1. The lowest BCUT2D eigenvalue weighted by Crippen LogP contribution is -2.48. The highest BCUT2D eigenvalue weighted by molar-refractivity contribution is 5.98. The van der Waals surface area contributed by atoms with E-state index in [0.29, 0.717) is 24.2 Å². The average Bonchev–Trinajstić information content (AvgIpc) is 3.21. The Labute approximate surface area is 236 Å². The third-order valence-electron chi connectivity index (χ3n) is 9.76. The molecule has 0 spiro atoms. The molecule has 9 heteroatoms. The third kappa shape index (κ3) is 4.45. The quantitative estimate of drug-likeness (QED) is 0.435. The van der Waals surface area contributed by atoms with Crippen LogP contribution in [0, 0.1) is 29.4 Å². The first-order valence-electron chi connectivity index (χ1n) is 14.7. The lowest BCUT2D eigenvalue weighted by atomic mass is 9.69. The number of allylic oxidation sites excluding steroid dienone is 1. The van der Waals surface area contributed by atoms with Gasteiger partial charge in [0.2, 0.25) is 5.43 Å². The Bertz CT molecular complexity index is 1650. The summed E-state index contributed by atoms with van der Waals surface area (Å²) < 4.78 is 30.4. The number of hydrogen-bond donors (Lipinski definition) is 2. The lowest BCUT2D eigenvalue weighted by molar-refractivity contribution is 0.0910. The number of carbonyl (C=O) groups excluding carboxylic acids is 1. The van der Waals surface area contributed by atoms with Crippen LogP contribution in [0.1, 0.15) is 62.2 Å². The molecule has 4 aliphatic rings. The molecule has 2 bridgehead atoms. The monoisotopic (exact) mass is 560 g/mol. The predicted octanol–water partition coefficient (Wildman–Crippen LogP) is 4.88. The number of benzene rings is 1. The Morgan fingerprint density at radius 2 is 2.05 bits per heavy atom. The van der Waals surface area contributed by atoms with Gasteiger partial charge in [0, 0.05) is 18.8 Å². The molecule has 2 N–H and O–H groups in total. The smallest absolute Gasteiger partial charge is 0.257 e. The van der Waals surface area contributed by atoms with Gasteiger partial charge in [0.1, 0.15) is 23.0 Å². The minimum Gasteiger partial charge on any atom is -0.394 e. The number of aliphatic hydroxyl groups excluding tert-OH is 1. The zero-order valence-electron chi connectivity index (χ0n) is 23.1. The number of hydrogen-bond acceptors (Lipinski definition) is 5. The molecule has 3 aromatic rings. The van der Waals surface area contributed by atoms with E-state index in [1.807, 2.05) is 11.8 Å². The second kappa shape index (κ2) is 9.76. The van der Waals surface area contributed by atoms with Crippen molar-refractivity contribution < 1.29 is 18.7 Å². The van der Waals surface area contributed by atoms with Crippen molar-refractivity contribution in [3.8, 4) is 5.69 Å². The lowest BCUT2D eigenvalue weighted by Gasteiger charge is -2.39. The van der Waals surface area contributed by atoms with Gasteiger partial charge in [-0.2, -0.15) is 0 Å². The van der Waals surface area contributed by atoms with E-state index < -0.39 is 28.5 Å². The number of halogens is 2. The second-order valence-electron chi connectivity index (χ2n) is 12.6. The Balaban J connectivity index is 1.33. The predicted molar refractivity (Wildman–Crippen MR) is 152 cm³/mol. The highest BCUT2D eigenvalue weighted by atomic mass is 19.1. The topological polar surface area (TPSA) is 87.5 Å². The molecule has 1 amide bonds. The summed E-state index contributed by atoms with van der Waals surface area (Å²) in [6, 6.07) is 6.40. The second-order valence-corrected chi connectivity index (χ2v) is 12.6. The molecular formula is C32H34F2N4O3. The first-order chi connectivity index (χ1) is 19.7. The molecule has 1 aliphatic heterocycles. The maximum absolute atomic E-state index is 15.2. The molecule has 7 nitrogen and oxygen atoms in total. The zero-order valence-corrected chi connectivity index (χ0v) is 23.1. The van der Waals surface area contributed by atoms with Crippen LogP contribution in [-0.4, -0.2) is 45.3 Å². The van der Waals surface area contributed by atoms with E-state index in [9.17, 15) is 19.1 Å². The highest BCUT2D eigenvalue weighted by Gasteiger charge is 2.49. The first kappa shape index (κ1) is 26.3. The normalized spacial score (nSPS) is 28.7. The SMILES string of the molecule is CC1(NC(=O)c2cn(-c3ccc(F)cc3F)c3nc(N4CCCCC4CO)ccc3c2=O)C=C2CC3CC(CC23)C1. The number of aliphatic hydroxyl groups is 1. The van der Waals surface area contributed by atoms with Crippen LogP contribution in [0.25, 0.3) is 16.7 Å². The van der Waals surface area contributed by atoms with E-state index in [1.165, 1.54) is 28.8 Å². The fourth-order valence-corrected chi connectivity index (χ4v) is 7.89. The molecule has 3 fully saturated rings. The largest absolute Gasteiger partial charge is 0.394 e. The maximum Gasteiger partial charge on any atom is 0.257 e. The van der Waals surface area contributed by atoms with Crippen molar-refractivity contribution in [3.05, 3.63) is 75.6 Å². The third-order valence-corrected chi connectivity index (χ3v) is 9.76. The number of nitrogens with zero attached hydrogens (tertiary/aromatic N) is 3. The van der Waals surface area contributed by atoms with E-state index in [2.05, 4.69) is 11.4 Å². The molecule has 41 heavy (non-hydrogen) atoms. The van der Waals surface area contributed by atoms with E-state index in [4.69, 9.17) is 4.98 Å². The van der Waals surface area contributed by atoms with Gasteiger partial charge in [0.05, 0.1) is 29.3 Å². The summed E-state index contributed by atoms with van der Waals surface area (Å²) in [6.45, 7) is 2.67. The van der Waals surface area contributed by atoms with Crippen LogP contribution < -0.4 is 15.6 Å². The van der Waals surface area contributed by atoms with Crippen molar-refractivity contribution in [1.82, 2.24) is 14.9 Å². The molecule has 5 unspecified atom stereocenters. The summed E-state index contributed by atoms with van der Waals surface area (Å²) >= 11 is 0. The van der Waals surface area contributed by atoms with Crippen LogP contribution in [0.15, 0.2) is 53.0 Å². The van der Waals surface area contributed by atoms with Crippen molar-refractivity contribution in [1.29, 1.82) is 0 Å². The van der Waals surface area contributed by atoms with Gasteiger partial charge >= 0.3 is 0 Å². The molecule has 1 saturated heterocycles. The van der Waals surface area contributed by atoms with E-state index in [0.717, 1.165) is 56.6 Å². The van der Waals surface area contributed by atoms with Crippen LogP contribution in [0.3, 0.4) is 0 Å². The van der Waals surface area contributed by atoms with E-state index in [-0.39, 0.29) is 34.9 Å². The summed E-state index contributed by atoms with van der Waals surface area (Å²) in [4.78, 5) is 34.3. The van der Waals surface area contributed by atoms with Crippen molar-refractivity contribution in [2.24, 2.45) is 17.8 Å². The van der Waals surface area contributed by atoms with Crippen LogP contribution >= 0.6 is 0 Å².